The Morgan fingerprint density at radius 1 is 1.29 bits per heavy atom. The second-order valence-corrected chi connectivity index (χ2v) is 8.26. The third-order valence-electron chi connectivity index (χ3n) is 3.01. The molecular weight excluding hydrogens is 243 g/mol. The predicted molar refractivity (Wildman–Crippen MR) is 64.0 cm³/mol. The summed E-state index contributed by atoms with van der Waals surface area (Å²) in [5.74, 6) is -0.748. The van der Waals surface area contributed by atoms with Crippen LogP contribution in [-0.4, -0.2) is 30.9 Å². The van der Waals surface area contributed by atoms with Crippen LogP contribution >= 0.6 is 7.60 Å². The lowest BCUT2D eigenvalue weighted by molar-refractivity contribution is -0.156. The van der Waals surface area contributed by atoms with Crippen molar-refractivity contribution in [2.75, 3.05) is 14.2 Å². The van der Waals surface area contributed by atoms with E-state index in [0.717, 1.165) is 0 Å². The van der Waals surface area contributed by atoms with Crippen molar-refractivity contribution in [3.05, 3.63) is 0 Å². The average Bonchev–Trinajstić information content (AvgIpc) is 2.89. The van der Waals surface area contributed by atoms with Crippen LogP contribution in [0.5, 0.6) is 0 Å². The van der Waals surface area contributed by atoms with Gasteiger partial charge in [0.1, 0.15) is 5.60 Å². The fraction of sp³-hybridized carbons (Fsp3) is 0.909. The standard InChI is InChI=1S/C11H21O5P/c1-10(2,3)16-9(12)8-7-11(8,4)17(13,14-5)15-6/h8H,7H2,1-6H3/t8-,11+/m0/s1. The summed E-state index contributed by atoms with van der Waals surface area (Å²) < 4.78 is 27.4. The van der Waals surface area contributed by atoms with Crippen LogP contribution in [0, 0.1) is 5.92 Å². The van der Waals surface area contributed by atoms with Crippen LogP contribution in [0.2, 0.25) is 0 Å². The molecule has 0 aromatic heterocycles. The van der Waals surface area contributed by atoms with Crippen LogP contribution in [-0.2, 0) is 23.1 Å². The van der Waals surface area contributed by atoms with Crippen LogP contribution in [0.4, 0.5) is 0 Å². The molecule has 0 spiro atoms. The second kappa shape index (κ2) is 4.38. The summed E-state index contributed by atoms with van der Waals surface area (Å²) in [7, 11) is -0.564. The number of esters is 1. The molecule has 100 valence electrons. The van der Waals surface area contributed by atoms with Gasteiger partial charge in [0.15, 0.2) is 0 Å². The average molecular weight is 264 g/mol. The van der Waals surface area contributed by atoms with Gasteiger partial charge in [0, 0.05) is 14.2 Å². The van der Waals surface area contributed by atoms with Gasteiger partial charge in [0.2, 0.25) is 0 Å². The molecule has 1 aliphatic rings. The zero-order chi connectivity index (χ0) is 13.5. The highest BCUT2D eigenvalue weighted by Crippen LogP contribution is 2.73. The first-order valence-corrected chi connectivity index (χ1v) is 7.08. The van der Waals surface area contributed by atoms with E-state index in [9.17, 15) is 9.36 Å². The molecule has 0 saturated heterocycles. The monoisotopic (exact) mass is 264 g/mol. The largest absolute Gasteiger partial charge is 0.460 e. The Morgan fingerprint density at radius 3 is 2.12 bits per heavy atom. The smallest absolute Gasteiger partial charge is 0.336 e. The van der Waals surface area contributed by atoms with Gasteiger partial charge in [-0.15, -0.1) is 0 Å². The lowest BCUT2D eigenvalue weighted by Crippen LogP contribution is -2.27. The Kier molecular flexibility index (Phi) is 3.78. The third-order valence-corrected chi connectivity index (χ3v) is 5.71. The van der Waals surface area contributed by atoms with Gasteiger partial charge in [-0.05, 0) is 34.1 Å². The number of carbonyl (C=O) groups is 1. The van der Waals surface area contributed by atoms with Crippen molar-refractivity contribution in [2.45, 2.75) is 44.9 Å². The number of carbonyl (C=O) groups excluding carboxylic acids is 1. The molecule has 0 amide bonds. The first kappa shape index (κ1) is 14.7. The van der Waals surface area contributed by atoms with Crippen molar-refractivity contribution in [1.29, 1.82) is 0 Å². The Balaban J connectivity index is 2.76. The van der Waals surface area contributed by atoms with Crippen LogP contribution in [0.25, 0.3) is 0 Å². The molecule has 0 unspecified atom stereocenters. The summed E-state index contributed by atoms with van der Waals surface area (Å²) in [6.07, 6.45) is 0.473. The minimum atomic E-state index is -3.23. The first-order valence-electron chi connectivity index (χ1n) is 5.54. The normalized spacial score (nSPS) is 28.9. The van der Waals surface area contributed by atoms with E-state index in [2.05, 4.69) is 0 Å². The zero-order valence-corrected chi connectivity index (χ0v) is 12.2. The van der Waals surface area contributed by atoms with E-state index in [1.54, 1.807) is 27.7 Å². The molecule has 1 aliphatic carbocycles. The van der Waals surface area contributed by atoms with Gasteiger partial charge < -0.3 is 13.8 Å². The molecule has 1 fully saturated rings. The zero-order valence-electron chi connectivity index (χ0n) is 11.3. The van der Waals surface area contributed by atoms with E-state index in [1.807, 2.05) is 0 Å². The van der Waals surface area contributed by atoms with Crippen LogP contribution < -0.4 is 0 Å². The molecule has 1 rings (SSSR count). The molecule has 5 nitrogen and oxygen atoms in total. The Morgan fingerprint density at radius 2 is 1.76 bits per heavy atom. The van der Waals surface area contributed by atoms with Crippen molar-refractivity contribution < 1.29 is 23.1 Å². The van der Waals surface area contributed by atoms with Crippen molar-refractivity contribution >= 4 is 13.6 Å². The molecule has 0 heterocycles. The number of rotatable bonds is 4. The van der Waals surface area contributed by atoms with E-state index in [1.165, 1.54) is 14.2 Å². The molecule has 0 aromatic carbocycles. The number of ether oxygens (including phenoxy) is 1. The fourth-order valence-electron chi connectivity index (χ4n) is 1.86. The summed E-state index contributed by atoms with van der Waals surface area (Å²) >= 11 is 0. The van der Waals surface area contributed by atoms with Crippen molar-refractivity contribution in [3.8, 4) is 0 Å². The third kappa shape index (κ3) is 2.72. The highest BCUT2D eigenvalue weighted by Gasteiger charge is 2.68. The molecule has 2 atom stereocenters. The maximum absolute atomic E-state index is 12.3. The number of hydrogen-bond acceptors (Lipinski definition) is 5. The Hall–Kier alpha value is -0.380. The molecule has 0 aliphatic heterocycles. The number of hydrogen-bond donors (Lipinski definition) is 0. The van der Waals surface area contributed by atoms with E-state index < -0.39 is 24.3 Å². The summed E-state index contributed by atoms with van der Waals surface area (Å²) in [5, 5.41) is -0.751. The molecule has 0 aromatic rings. The van der Waals surface area contributed by atoms with E-state index in [-0.39, 0.29) is 5.97 Å². The first-order chi connectivity index (χ1) is 7.59. The van der Waals surface area contributed by atoms with Crippen molar-refractivity contribution in [1.82, 2.24) is 0 Å². The quantitative estimate of drug-likeness (QED) is 0.577. The highest BCUT2D eigenvalue weighted by molar-refractivity contribution is 7.56. The maximum Gasteiger partial charge on any atom is 0.336 e. The van der Waals surface area contributed by atoms with Gasteiger partial charge in [0.05, 0.1) is 11.1 Å². The molecule has 0 radical (unpaired) electrons. The molecule has 17 heavy (non-hydrogen) atoms. The second-order valence-electron chi connectivity index (χ2n) is 5.51. The molecule has 0 N–H and O–H groups in total. The van der Waals surface area contributed by atoms with Crippen LogP contribution in [0.1, 0.15) is 34.1 Å². The van der Waals surface area contributed by atoms with Gasteiger partial charge in [-0.1, -0.05) is 0 Å². The SMILES string of the molecule is COP(=O)(OC)[C@]1(C)C[C@H]1C(=O)OC(C)(C)C. The summed E-state index contributed by atoms with van der Waals surface area (Å²) in [6, 6.07) is 0. The summed E-state index contributed by atoms with van der Waals surface area (Å²) in [4.78, 5) is 11.9. The van der Waals surface area contributed by atoms with Crippen LogP contribution in [0.15, 0.2) is 0 Å². The minimum absolute atomic E-state index is 0.339. The van der Waals surface area contributed by atoms with Gasteiger partial charge in [-0.3, -0.25) is 9.36 Å². The maximum atomic E-state index is 12.3. The van der Waals surface area contributed by atoms with Gasteiger partial charge in [-0.25, -0.2) is 0 Å². The van der Waals surface area contributed by atoms with E-state index >= 15 is 0 Å². The predicted octanol–water partition coefficient (Wildman–Crippen LogP) is 2.59. The lowest BCUT2D eigenvalue weighted by Gasteiger charge is -2.23. The van der Waals surface area contributed by atoms with Gasteiger partial charge in [0.25, 0.3) is 0 Å². The van der Waals surface area contributed by atoms with Crippen LogP contribution in [0.3, 0.4) is 0 Å². The Labute approximate surface area is 102 Å². The molecular formula is C11H21O5P. The fourth-order valence-corrected chi connectivity index (χ4v) is 3.74. The molecule has 0 bridgehead atoms. The van der Waals surface area contributed by atoms with Crippen molar-refractivity contribution in [3.63, 3.8) is 0 Å². The lowest BCUT2D eigenvalue weighted by atomic mass is 10.2. The molecule has 6 heteroatoms. The van der Waals surface area contributed by atoms with Gasteiger partial charge in [-0.2, -0.15) is 0 Å². The van der Waals surface area contributed by atoms with Gasteiger partial charge >= 0.3 is 13.6 Å². The topological polar surface area (TPSA) is 61.8 Å². The van der Waals surface area contributed by atoms with E-state index in [0.29, 0.717) is 6.42 Å². The summed E-state index contributed by atoms with van der Waals surface area (Å²) in [6.45, 7) is 7.14. The highest BCUT2D eigenvalue weighted by atomic mass is 31.2. The Bertz CT molecular complexity index is 351. The van der Waals surface area contributed by atoms with Crippen molar-refractivity contribution in [2.24, 2.45) is 5.92 Å². The van der Waals surface area contributed by atoms with E-state index in [4.69, 9.17) is 13.8 Å². The molecule has 1 saturated carbocycles. The summed E-state index contributed by atoms with van der Waals surface area (Å²) in [5.41, 5.74) is -0.537. The minimum Gasteiger partial charge on any atom is -0.460 e.